The van der Waals surface area contributed by atoms with Gasteiger partial charge in [-0.05, 0) is 26.0 Å². The molecule has 1 heterocycles. The van der Waals surface area contributed by atoms with E-state index in [0.29, 0.717) is 12.1 Å². The van der Waals surface area contributed by atoms with Gasteiger partial charge in [-0.15, -0.1) is 12.4 Å². The molecule has 0 saturated heterocycles. The highest BCUT2D eigenvalue weighted by Crippen LogP contribution is 2.22. The van der Waals surface area contributed by atoms with Gasteiger partial charge < -0.3 is 11.1 Å². The minimum absolute atomic E-state index is 0. The fourth-order valence-electron chi connectivity index (χ4n) is 1.90. The number of halogens is 1. The number of amides is 1. The lowest BCUT2D eigenvalue weighted by molar-refractivity contribution is -0.122. The highest BCUT2D eigenvalue weighted by atomic mass is 35.5. The zero-order valence-corrected chi connectivity index (χ0v) is 13.9. The van der Waals surface area contributed by atoms with Crippen LogP contribution in [0.1, 0.15) is 19.4 Å². The fraction of sp³-hybridized carbons (Fsp3) is 0.385. The summed E-state index contributed by atoms with van der Waals surface area (Å²) in [4.78, 5) is 16.3. The molecule has 1 aliphatic heterocycles. The molecule has 7 nitrogen and oxygen atoms in total. The van der Waals surface area contributed by atoms with E-state index in [2.05, 4.69) is 15.0 Å². The number of nitrogens with one attached hydrogen (secondary N) is 2. The maximum atomic E-state index is 11.9. The van der Waals surface area contributed by atoms with Gasteiger partial charge >= 0.3 is 0 Å². The first-order valence-electron chi connectivity index (χ1n) is 6.55. The molecule has 0 spiro atoms. The summed E-state index contributed by atoms with van der Waals surface area (Å²) < 4.78 is 26.2. The van der Waals surface area contributed by atoms with Crippen LogP contribution in [0.5, 0.6) is 0 Å². The second kappa shape index (κ2) is 7.08. The van der Waals surface area contributed by atoms with Crippen molar-refractivity contribution >= 4 is 34.2 Å². The molecule has 0 radical (unpaired) electrons. The minimum atomic E-state index is -3.59. The summed E-state index contributed by atoms with van der Waals surface area (Å²) in [6, 6.07) is 5.63. The van der Waals surface area contributed by atoms with E-state index in [1.807, 2.05) is 0 Å². The van der Waals surface area contributed by atoms with Gasteiger partial charge in [-0.25, -0.2) is 8.42 Å². The molecule has 1 unspecified atom stereocenters. The Morgan fingerprint density at radius 2 is 2.00 bits per heavy atom. The summed E-state index contributed by atoms with van der Waals surface area (Å²) in [6.07, 6.45) is 0. The molecule has 122 valence electrons. The molecule has 4 N–H and O–H groups in total. The molecular weight excluding hydrogens is 328 g/mol. The number of aliphatic imine (C=N–C) groups is 1. The summed E-state index contributed by atoms with van der Waals surface area (Å²) in [5.41, 5.74) is 5.92. The van der Waals surface area contributed by atoms with Gasteiger partial charge in [-0.3, -0.25) is 14.5 Å². The third-order valence-corrected chi connectivity index (χ3v) is 4.50. The third kappa shape index (κ3) is 3.76. The molecule has 0 aliphatic carbocycles. The van der Waals surface area contributed by atoms with Crippen molar-refractivity contribution in [3.8, 4) is 0 Å². The van der Waals surface area contributed by atoms with E-state index >= 15 is 0 Å². The second-order valence-corrected chi connectivity index (χ2v) is 6.55. The van der Waals surface area contributed by atoms with Crippen LogP contribution < -0.4 is 15.8 Å². The average Bonchev–Trinajstić information content (AvgIpc) is 2.70. The topological polar surface area (TPSA) is 114 Å². The predicted molar refractivity (Wildman–Crippen MR) is 86.7 cm³/mol. The number of nitrogens with two attached hydrogens (primary N) is 1. The van der Waals surface area contributed by atoms with Crippen LogP contribution in [-0.2, 0) is 14.8 Å². The van der Waals surface area contributed by atoms with Crippen molar-refractivity contribution in [2.45, 2.75) is 30.8 Å². The van der Waals surface area contributed by atoms with E-state index in [1.54, 1.807) is 32.0 Å². The summed E-state index contributed by atoms with van der Waals surface area (Å²) in [7, 11) is -3.59. The van der Waals surface area contributed by atoms with Crippen LogP contribution in [0.4, 0.5) is 0 Å². The highest BCUT2D eigenvalue weighted by Gasteiger charge is 2.31. The van der Waals surface area contributed by atoms with Crippen molar-refractivity contribution in [3.05, 3.63) is 29.8 Å². The Balaban J connectivity index is 0.00000242. The Bertz CT molecular complexity index is 690. The van der Waals surface area contributed by atoms with Crippen LogP contribution in [0.2, 0.25) is 0 Å². The Morgan fingerprint density at radius 3 is 2.64 bits per heavy atom. The van der Waals surface area contributed by atoms with Crippen LogP contribution >= 0.6 is 12.4 Å². The molecule has 0 aromatic heterocycles. The van der Waals surface area contributed by atoms with E-state index in [9.17, 15) is 13.2 Å². The molecule has 9 heteroatoms. The molecule has 1 amide bonds. The Morgan fingerprint density at radius 1 is 1.36 bits per heavy atom. The maximum absolute atomic E-state index is 11.9. The maximum Gasteiger partial charge on any atom is 0.263 e. The number of hydrogen-bond donors (Lipinski definition) is 3. The zero-order chi connectivity index (χ0) is 15.6. The lowest BCUT2D eigenvalue weighted by atomic mass is 10.2. The molecule has 1 aromatic rings. The Labute approximate surface area is 135 Å². The van der Waals surface area contributed by atoms with Gasteiger partial charge in [0.2, 0.25) is 5.91 Å². The Kier molecular flexibility index (Phi) is 5.92. The number of fused-ring (bicyclic) bond motifs is 1. The molecule has 1 aromatic carbocycles. The standard InChI is InChI=1S/C13H18N4O3S.ClH/c1-8(7-14)15-13(18)9(2)16-12-10-5-3-4-6-11(10)21(19,20)17-12;/h3-6,8-9H,7,14H2,1-2H3,(H,15,18)(H,16,17);1H/t8-,9?;/m0./s1. The number of nitrogens with zero attached hydrogens (tertiary/aromatic N) is 1. The van der Waals surface area contributed by atoms with Gasteiger partial charge in [-0.2, -0.15) is 0 Å². The van der Waals surface area contributed by atoms with E-state index in [-0.39, 0.29) is 35.1 Å². The largest absolute Gasteiger partial charge is 0.351 e. The van der Waals surface area contributed by atoms with E-state index in [4.69, 9.17) is 5.73 Å². The lowest BCUT2D eigenvalue weighted by Gasteiger charge is -2.14. The number of carbonyl (C=O) groups is 1. The second-order valence-electron chi connectivity index (χ2n) is 4.90. The van der Waals surface area contributed by atoms with Crippen molar-refractivity contribution in [1.82, 2.24) is 10.0 Å². The quantitative estimate of drug-likeness (QED) is 0.712. The number of rotatable bonds is 4. The predicted octanol–water partition coefficient (Wildman–Crippen LogP) is -0.00120. The first kappa shape index (κ1) is 18.4. The molecule has 22 heavy (non-hydrogen) atoms. The molecule has 0 saturated carbocycles. The Hall–Kier alpha value is -1.64. The summed E-state index contributed by atoms with van der Waals surface area (Å²) in [6.45, 7) is 3.70. The van der Waals surface area contributed by atoms with Crippen molar-refractivity contribution in [2.75, 3.05) is 6.54 Å². The summed E-state index contributed by atoms with van der Waals surface area (Å²) in [5, 5.41) is 2.70. The van der Waals surface area contributed by atoms with Crippen molar-refractivity contribution in [3.63, 3.8) is 0 Å². The van der Waals surface area contributed by atoms with Crippen LogP contribution in [-0.4, -0.2) is 38.8 Å². The monoisotopic (exact) mass is 346 g/mol. The lowest BCUT2D eigenvalue weighted by Crippen LogP contribution is -2.42. The number of sulfonamides is 1. The highest BCUT2D eigenvalue weighted by molar-refractivity contribution is 7.90. The van der Waals surface area contributed by atoms with E-state index in [0.717, 1.165) is 0 Å². The van der Waals surface area contributed by atoms with Crippen molar-refractivity contribution in [1.29, 1.82) is 0 Å². The summed E-state index contributed by atoms with van der Waals surface area (Å²) >= 11 is 0. The average molecular weight is 347 g/mol. The van der Waals surface area contributed by atoms with Crippen molar-refractivity contribution in [2.24, 2.45) is 10.7 Å². The van der Waals surface area contributed by atoms with E-state index < -0.39 is 16.1 Å². The van der Waals surface area contributed by atoms with Gasteiger partial charge in [0.05, 0.1) is 4.90 Å². The van der Waals surface area contributed by atoms with Crippen molar-refractivity contribution < 1.29 is 13.2 Å². The third-order valence-electron chi connectivity index (χ3n) is 3.11. The number of carbonyl (C=O) groups excluding carboxylic acids is 1. The van der Waals surface area contributed by atoms with Gasteiger partial charge in [0.1, 0.15) is 11.9 Å². The number of benzene rings is 1. The molecule has 1 aliphatic rings. The van der Waals surface area contributed by atoms with Crippen LogP contribution in [0.25, 0.3) is 0 Å². The molecular formula is C13H19ClN4O3S. The molecule has 0 fully saturated rings. The minimum Gasteiger partial charge on any atom is -0.351 e. The summed E-state index contributed by atoms with van der Waals surface area (Å²) in [5.74, 6) is -0.113. The molecule has 2 atom stereocenters. The van der Waals surface area contributed by atoms with Gasteiger partial charge in [0.25, 0.3) is 10.0 Å². The number of amidine groups is 1. The molecule has 0 bridgehead atoms. The number of hydrogen-bond acceptors (Lipinski definition) is 5. The normalized spacial score (nSPS) is 19.5. The van der Waals surface area contributed by atoms with Crippen LogP contribution in [0, 0.1) is 0 Å². The smallest absolute Gasteiger partial charge is 0.263 e. The van der Waals surface area contributed by atoms with Gasteiger partial charge in [0.15, 0.2) is 0 Å². The SMILES string of the molecule is CC(N=C1NS(=O)(=O)c2ccccc21)C(=O)N[C@@H](C)CN.Cl. The zero-order valence-electron chi connectivity index (χ0n) is 12.2. The first-order valence-corrected chi connectivity index (χ1v) is 8.04. The van der Waals surface area contributed by atoms with Gasteiger partial charge in [0, 0.05) is 18.2 Å². The first-order chi connectivity index (χ1) is 9.85. The van der Waals surface area contributed by atoms with E-state index in [1.165, 1.54) is 6.07 Å². The fourth-order valence-corrected chi connectivity index (χ4v) is 3.14. The van der Waals surface area contributed by atoms with Crippen LogP contribution in [0.3, 0.4) is 0 Å². The van der Waals surface area contributed by atoms with Gasteiger partial charge in [-0.1, -0.05) is 12.1 Å². The van der Waals surface area contributed by atoms with Crippen LogP contribution in [0.15, 0.2) is 34.2 Å². The molecule has 2 rings (SSSR count).